The van der Waals surface area contributed by atoms with Gasteiger partial charge in [0.1, 0.15) is 0 Å². The number of benzene rings is 1. The van der Waals surface area contributed by atoms with Crippen molar-refractivity contribution in [2.45, 2.75) is 66.7 Å². The average molecular weight is 347 g/mol. The van der Waals surface area contributed by atoms with Crippen LogP contribution >= 0.6 is 0 Å². The van der Waals surface area contributed by atoms with E-state index in [-0.39, 0.29) is 12.5 Å². The van der Waals surface area contributed by atoms with Gasteiger partial charge in [-0.2, -0.15) is 0 Å². The summed E-state index contributed by atoms with van der Waals surface area (Å²) in [4.78, 5) is 15.1. The Bertz CT molecular complexity index is 623. The van der Waals surface area contributed by atoms with Crippen molar-refractivity contribution in [2.75, 3.05) is 29.9 Å². The number of hydrogen-bond donors (Lipinski definition) is 2. The fourth-order valence-electron chi connectivity index (χ4n) is 3.50. The zero-order valence-corrected chi connectivity index (χ0v) is 16.5. The Kier molecular flexibility index (Phi) is 6.50. The summed E-state index contributed by atoms with van der Waals surface area (Å²) in [5, 5.41) is 12.6. The number of rotatable bonds is 8. The summed E-state index contributed by atoms with van der Waals surface area (Å²) in [5.74, 6) is -0.123. The van der Waals surface area contributed by atoms with Crippen LogP contribution in [-0.2, 0) is 11.2 Å². The highest BCUT2D eigenvalue weighted by Crippen LogP contribution is 2.40. The standard InChI is InChI=1S/C21H34N2O2/c1-6-7-8-9-11-23-12-10-17-15(2)13-16(3)18(19(17)23)22-20(25)21(4,5)14-24/h13,24H,6-12,14H2,1-5H3,(H,22,25). The zero-order chi connectivity index (χ0) is 18.6. The smallest absolute Gasteiger partial charge is 0.232 e. The Hall–Kier alpha value is -1.55. The number of carbonyl (C=O) groups excluding carboxylic acids is 1. The Morgan fingerprint density at radius 3 is 2.60 bits per heavy atom. The first-order valence-electron chi connectivity index (χ1n) is 9.62. The van der Waals surface area contributed by atoms with Gasteiger partial charge in [-0.25, -0.2) is 0 Å². The minimum atomic E-state index is -0.783. The number of nitrogens with zero attached hydrogens (tertiary/aromatic N) is 1. The second-order valence-corrected chi connectivity index (χ2v) is 8.01. The Morgan fingerprint density at radius 2 is 1.96 bits per heavy atom. The minimum absolute atomic E-state index is 0.123. The van der Waals surface area contributed by atoms with Crippen molar-refractivity contribution in [3.63, 3.8) is 0 Å². The van der Waals surface area contributed by atoms with Gasteiger partial charge in [-0.05, 0) is 57.2 Å². The van der Waals surface area contributed by atoms with Crippen molar-refractivity contribution >= 4 is 17.3 Å². The van der Waals surface area contributed by atoms with Crippen molar-refractivity contribution in [1.82, 2.24) is 0 Å². The first-order chi connectivity index (χ1) is 11.8. The number of aliphatic hydroxyl groups excluding tert-OH is 1. The molecule has 2 rings (SSSR count). The van der Waals surface area contributed by atoms with Crippen LogP contribution in [0.5, 0.6) is 0 Å². The molecule has 140 valence electrons. The van der Waals surface area contributed by atoms with Crippen molar-refractivity contribution in [2.24, 2.45) is 5.41 Å². The van der Waals surface area contributed by atoms with E-state index in [1.165, 1.54) is 42.5 Å². The van der Waals surface area contributed by atoms with Crippen LogP contribution < -0.4 is 10.2 Å². The second kappa shape index (κ2) is 8.22. The molecule has 4 heteroatoms. The summed E-state index contributed by atoms with van der Waals surface area (Å²) >= 11 is 0. The molecule has 0 fully saturated rings. The third kappa shape index (κ3) is 4.35. The first kappa shape index (κ1) is 19.8. The van der Waals surface area contributed by atoms with E-state index in [4.69, 9.17) is 0 Å². The van der Waals surface area contributed by atoms with Crippen LogP contribution in [0.1, 0.15) is 63.1 Å². The van der Waals surface area contributed by atoms with Crippen LogP contribution in [-0.4, -0.2) is 30.7 Å². The fourth-order valence-corrected chi connectivity index (χ4v) is 3.50. The molecule has 0 aliphatic carbocycles. The molecule has 1 aliphatic rings. The lowest BCUT2D eigenvalue weighted by Crippen LogP contribution is -2.34. The van der Waals surface area contributed by atoms with Crippen LogP contribution in [0.4, 0.5) is 11.4 Å². The van der Waals surface area contributed by atoms with E-state index in [1.54, 1.807) is 13.8 Å². The highest BCUT2D eigenvalue weighted by atomic mass is 16.3. The molecule has 0 aromatic heterocycles. The van der Waals surface area contributed by atoms with Crippen LogP contribution in [0.3, 0.4) is 0 Å². The topological polar surface area (TPSA) is 52.6 Å². The Balaban J connectivity index is 2.28. The van der Waals surface area contributed by atoms with Gasteiger partial charge in [-0.15, -0.1) is 0 Å². The number of nitrogens with one attached hydrogen (secondary N) is 1. The molecule has 0 saturated carbocycles. The summed E-state index contributed by atoms with van der Waals surface area (Å²) in [6.07, 6.45) is 6.01. The number of aliphatic hydroxyl groups is 1. The monoisotopic (exact) mass is 346 g/mol. The number of hydrogen-bond acceptors (Lipinski definition) is 3. The van der Waals surface area contributed by atoms with Crippen LogP contribution in [0.2, 0.25) is 0 Å². The molecule has 0 saturated heterocycles. The second-order valence-electron chi connectivity index (χ2n) is 8.01. The Labute approximate surface area is 152 Å². The largest absolute Gasteiger partial charge is 0.395 e. The number of aryl methyl sites for hydroxylation is 2. The molecular weight excluding hydrogens is 312 g/mol. The SMILES string of the molecule is CCCCCCN1CCc2c(C)cc(C)c(NC(=O)C(C)(C)CO)c21. The molecule has 1 aliphatic heterocycles. The third-order valence-corrected chi connectivity index (χ3v) is 5.30. The predicted octanol–water partition coefficient (Wildman–Crippen LogP) is 4.20. The number of carbonyl (C=O) groups is 1. The summed E-state index contributed by atoms with van der Waals surface area (Å²) in [7, 11) is 0. The molecule has 25 heavy (non-hydrogen) atoms. The Morgan fingerprint density at radius 1 is 1.24 bits per heavy atom. The molecule has 0 radical (unpaired) electrons. The van der Waals surface area contributed by atoms with Crippen molar-refractivity contribution in [1.29, 1.82) is 0 Å². The highest BCUT2D eigenvalue weighted by molar-refractivity contribution is 5.99. The van der Waals surface area contributed by atoms with E-state index in [9.17, 15) is 9.90 Å². The van der Waals surface area contributed by atoms with Gasteiger partial charge in [0, 0.05) is 13.1 Å². The third-order valence-electron chi connectivity index (χ3n) is 5.30. The number of fused-ring (bicyclic) bond motifs is 1. The van der Waals surface area contributed by atoms with Gasteiger partial charge in [-0.3, -0.25) is 4.79 Å². The van der Waals surface area contributed by atoms with Crippen LogP contribution in [0, 0.1) is 19.3 Å². The summed E-state index contributed by atoms with van der Waals surface area (Å²) in [6.45, 7) is 11.9. The van der Waals surface area contributed by atoms with Crippen molar-refractivity contribution < 1.29 is 9.90 Å². The molecule has 2 N–H and O–H groups in total. The molecule has 1 heterocycles. The van der Waals surface area contributed by atoms with E-state index >= 15 is 0 Å². The molecular formula is C21H34N2O2. The average Bonchev–Trinajstić information content (AvgIpc) is 2.99. The molecule has 0 bridgehead atoms. The minimum Gasteiger partial charge on any atom is -0.395 e. The summed E-state index contributed by atoms with van der Waals surface area (Å²) in [6, 6.07) is 2.17. The number of amides is 1. The highest BCUT2D eigenvalue weighted by Gasteiger charge is 2.31. The van der Waals surface area contributed by atoms with Gasteiger partial charge < -0.3 is 15.3 Å². The molecule has 1 aromatic rings. The van der Waals surface area contributed by atoms with Gasteiger partial charge in [0.2, 0.25) is 5.91 Å². The maximum absolute atomic E-state index is 12.6. The van der Waals surface area contributed by atoms with Crippen molar-refractivity contribution in [3.05, 3.63) is 22.8 Å². The van der Waals surface area contributed by atoms with Crippen molar-refractivity contribution in [3.8, 4) is 0 Å². The predicted molar refractivity (Wildman–Crippen MR) is 105 cm³/mol. The quantitative estimate of drug-likeness (QED) is 0.694. The molecule has 0 unspecified atom stereocenters. The van der Waals surface area contributed by atoms with Gasteiger partial charge >= 0.3 is 0 Å². The maximum Gasteiger partial charge on any atom is 0.232 e. The van der Waals surface area contributed by atoms with Gasteiger partial charge in [0.05, 0.1) is 23.4 Å². The first-order valence-corrected chi connectivity index (χ1v) is 9.62. The molecule has 1 aromatic carbocycles. The van der Waals surface area contributed by atoms with E-state index in [1.807, 2.05) is 0 Å². The van der Waals surface area contributed by atoms with Gasteiger partial charge in [0.25, 0.3) is 0 Å². The summed E-state index contributed by atoms with van der Waals surface area (Å²) < 4.78 is 0. The normalized spacial score (nSPS) is 13.9. The van der Waals surface area contributed by atoms with E-state index in [0.717, 1.165) is 30.8 Å². The van der Waals surface area contributed by atoms with E-state index in [2.05, 4.69) is 37.1 Å². The number of anilines is 2. The molecule has 0 spiro atoms. The maximum atomic E-state index is 12.6. The lowest BCUT2D eigenvalue weighted by Gasteiger charge is -2.27. The zero-order valence-electron chi connectivity index (χ0n) is 16.5. The molecule has 1 amide bonds. The fraction of sp³-hybridized carbons (Fsp3) is 0.667. The van der Waals surface area contributed by atoms with Gasteiger partial charge in [0.15, 0.2) is 0 Å². The molecule has 0 atom stereocenters. The number of unbranched alkanes of at least 4 members (excludes halogenated alkanes) is 3. The van der Waals surface area contributed by atoms with Crippen LogP contribution in [0.25, 0.3) is 0 Å². The lowest BCUT2D eigenvalue weighted by atomic mass is 9.93. The lowest BCUT2D eigenvalue weighted by molar-refractivity contribution is -0.125. The van der Waals surface area contributed by atoms with E-state index < -0.39 is 5.41 Å². The molecule has 4 nitrogen and oxygen atoms in total. The summed E-state index contributed by atoms with van der Waals surface area (Å²) in [5.41, 5.74) is 5.12. The van der Waals surface area contributed by atoms with Gasteiger partial charge in [-0.1, -0.05) is 32.3 Å². The van der Waals surface area contributed by atoms with Crippen LogP contribution in [0.15, 0.2) is 6.07 Å². The van der Waals surface area contributed by atoms with E-state index in [0.29, 0.717) is 0 Å².